The van der Waals surface area contributed by atoms with Gasteiger partial charge in [0, 0.05) is 38.8 Å². The van der Waals surface area contributed by atoms with E-state index in [1.807, 2.05) is 0 Å². The fourth-order valence-corrected chi connectivity index (χ4v) is 3.56. The van der Waals surface area contributed by atoms with Gasteiger partial charge in [0.25, 0.3) is 0 Å². The van der Waals surface area contributed by atoms with E-state index < -0.39 is 5.54 Å². The van der Waals surface area contributed by atoms with E-state index >= 15 is 0 Å². The molecule has 2 unspecified atom stereocenters. The van der Waals surface area contributed by atoms with Crippen molar-refractivity contribution in [2.45, 2.75) is 51.6 Å². The molecule has 0 aromatic heterocycles. The van der Waals surface area contributed by atoms with Gasteiger partial charge in [-0.3, -0.25) is 14.6 Å². The first-order valence-corrected chi connectivity index (χ1v) is 8.54. The molecule has 1 amide bonds. The molecule has 2 fully saturated rings. The van der Waals surface area contributed by atoms with Crippen molar-refractivity contribution in [3.8, 4) is 0 Å². The van der Waals surface area contributed by atoms with Crippen LogP contribution in [0.15, 0.2) is 0 Å². The highest BCUT2D eigenvalue weighted by Crippen LogP contribution is 2.40. The molecule has 3 N–H and O–H groups in total. The Bertz CT molecular complexity index is 350. The molecule has 0 spiro atoms. The minimum absolute atomic E-state index is 0.170. The van der Waals surface area contributed by atoms with Gasteiger partial charge in [-0.1, -0.05) is 13.8 Å². The van der Waals surface area contributed by atoms with E-state index in [1.54, 1.807) is 0 Å². The third kappa shape index (κ3) is 3.76. The number of piperazine rings is 1. The van der Waals surface area contributed by atoms with Crippen LogP contribution in [0.1, 0.15) is 40.0 Å². The molecule has 1 saturated carbocycles. The first-order chi connectivity index (χ1) is 10.0. The molecule has 2 atom stereocenters. The molecule has 0 radical (unpaired) electrons. The molecule has 5 nitrogen and oxygen atoms in total. The van der Waals surface area contributed by atoms with Crippen LogP contribution in [0.2, 0.25) is 0 Å². The average Bonchev–Trinajstić information content (AvgIpc) is 3.31. The highest BCUT2D eigenvalue weighted by molar-refractivity contribution is 5.86. The van der Waals surface area contributed by atoms with Crippen LogP contribution < -0.4 is 11.1 Å². The van der Waals surface area contributed by atoms with Gasteiger partial charge in [-0.05, 0) is 38.6 Å². The number of hydrogen-bond acceptors (Lipinski definition) is 4. The summed E-state index contributed by atoms with van der Waals surface area (Å²) in [6.45, 7) is 12.4. The lowest BCUT2D eigenvalue weighted by Crippen LogP contribution is -2.65. The number of rotatable bonds is 8. The number of likely N-dealkylation sites (N-methyl/N-ethyl adjacent to an activating group) is 1. The zero-order chi connectivity index (χ0) is 15.5. The van der Waals surface area contributed by atoms with Crippen molar-refractivity contribution in [2.75, 3.05) is 39.3 Å². The van der Waals surface area contributed by atoms with Gasteiger partial charge < -0.3 is 11.1 Å². The van der Waals surface area contributed by atoms with E-state index in [4.69, 9.17) is 5.73 Å². The lowest BCUT2D eigenvalue weighted by atomic mass is 9.91. The second-order valence-electron chi connectivity index (χ2n) is 6.71. The van der Waals surface area contributed by atoms with Gasteiger partial charge in [0.2, 0.25) is 5.91 Å². The van der Waals surface area contributed by atoms with Gasteiger partial charge in [-0.15, -0.1) is 0 Å². The molecule has 1 aliphatic heterocycles. The first kappa shape index (κ1) is 16.7. The lowest BCUT2D eigenvalue weighted by Gasteiger charge is -2.42. The molecule has 1 aliphatic carbocycles. The fourth-order valence-electron chi connectivity index (χ4n) is 3.56. The number of amides is 1. The molecule has 5 heteroatoms. The molecule has 0 aromatic rings. The van der Waals surface area contributed by atoms with Crippen LogP contribution in [-0.4, -0.2) is 66.6 Å². The summed E-state index contributed by atoms with van der Waals surface area (Å²) in [5.74, 6) is 0.263. The monoisotopic (exact) mass is 296 g/mol. The van der Waals surface area contributed by atoms with Crippen LogP contribution in [0, 0.1) is 5.92 Å². The molecular weight excluding hydrogens is 264 g/mol. The Morgan fingerprint density at radius 1 is 1.29 bits per heavy atom. The first-order valence-electron chi connectivity index (χ1n) is 8.54. The second kappa shape index (κ2) is 7.07. The van der Waals surface area contributed by atoms with Gasteiger partial charge in [0.15, 0.2) is 0 Å². The lowest BCUT2D eigenvalue weighted by molar-refractivity contribution is -0.126. The van der Waals surface area contributed by atoms with Crippen molar-refractivity contribution >= 4 is 5.91 Å². The summed E-state index contributed by atoms with van der Waals surface area (Å²) in [6.07, 6.45) is 3.45. The molecule has 2 rings (SSSR count). The summed E-state index contributed by atoms with van der Waals surface area (Å²) in [5.41, 5.74) is 5.27. The number of hydrogen-bond donors (Lipinski definition) is 2. The Balaban J connectivity index is 1.94. The highest BCUT2D eigenvalue weighted by atomic mass is 16.1. The van der Waals surface area contributed by atoms with Crippen molar-refractivity contribution in [3.05, 3.63) is 0 Å². The topological polar surface area (TPSA) is 61.6 Å². The smallest absolute Gasteiger partial charge is 0.239 e. The van der Waals surface area contributed by atoms with Crippen LogP contribution >= 0.6 is 0 Å². The summed E-state index contributed by atoms with van der Waals surface area (Å²) < 4.78 is 0. The van der Waals surface area contributed by atoms with Gasteiger partial charge in [0.05, 0.1) is 0 Å². The van der Waals surface area contributed by atoms with Crippen LogP contribution in [-0.2, 0) is 4.79 Å². The molecule has 1 heterocycles. The number of nitrogens with one attached hydrogen (secondary N) is 1. The largest absolute Gasteiger partial charge is 0.368 e. The minimum Gasteiger partial charge on any atom is -0.368 e. The van der Waals surface area contributed by atoms with E-state index in [9.17, 15) is 4.79 Å². The minimum atomic E-state index is -0.507. The third-order valence-corrected chi connectivity index (χ3v) is 5.30. The van der Waals surface area contributed by atoms with E-state index in [0.717, 1.165) is 52.1 Å². The fraction of sp³-hybridized carbons (Fsp3) is 0.938. The molecule has 0 bridgehead atoms. The molecular formula is C16H32N4O. The zero-order valence-corrected chi connectivity index (χ0v) is 13.9. The maximum Gasteiger partial charge on any atom is 0.239 e. The summed E-state index contributed by atoms with van der Waals surface area (Å²) in [7, 11) is 0. The second-order valence-corrected chi connectivity index (χ2v) is 6.71. The molecule has 0 aromatic carbocycles. The summed E-state index contributed by atoms with van der Waals surface area (Å²) >= 11 is 0. The van der Waals surface area contributed by atoms with Crippen molar-refractivity contribution in [2.24, 2.45) is 11.7 Å². The molecule has 122 valence electrons. The normalized spacial score (nSPS) is 25.5. The Morgan fingerprint density at radius 3 is 2.33 bits per heavy atom. The number of carbonyl (C=O) groups excluding carboxylic acids is 1. The molecule has 1 saturated heterocycles. The Morgan fingerprint density at radius 2 is 1.90 bits per heavy atom. The van der Waals surface area contributed by atoms with Crippen LogP contribution in [0.4, 0.5) is 0 Å². The Kier molecular flexibility index (Phi) is 5.63. The van der Waals surface area contributed by atoms with Gasteiger partial charge in [-0.25, -0.2) is 0 Å². The SMILES string of the molecule is CCNC(CN1CCN(C(C)CC)CC1)(C(N)=O)C1CC1. The Labute approximate surface area is 129 Å². The maximum absolute atomic E-state index is 12.1. The van der Waals surface area contributed by atoms with Crippen molar-refractivity contribution in [3.63, 3.8) is 0 Å². The number of primary amides is 1. The van der Waals surface area contributed by atoms with Crippen molar-refractivity contribution in [1.82, 2.24) is 15.1 Å². The summed E-state index contributed by atoms with van der Waals surface area (Å²) in [6, 6.07) is 0.658. The Hall–Kier alpha value is -0.650. The zero-order valence-electron chi connectivity index (χ0n) is 13.9. The average molecular weight is 296 g/mol. The van der Waals surface area contributed by atoms with Crippen LogP contribution in [0.3, 0.4) is 0 Å². The van der Waals surface area contributed by atoms with E-state index in [0.29, 0.717) is 12.0 Å². The number of nitrogens with zero attached hydrogens (tertiary/aromatic N) is 2. The van der Waals surface area contributed by atoms with Crippen molar-refractivity contribution in [1.29, 1.82) is 0 Å². The summed E-state index contributed by atoms with van der Waals surface area (Å²) in [5, 5.41) is 3.42. The van der Waals surface area contributed by atoms with Crippen LogP contribution in [0.25, 0.3) is 0 Å². The predicted octanol–water partition coefficient (Wildman–Crippen LogP) is 0.646. The summed E-state index contributed by atoms with van der Waals surface area (Å²) in [4.78, 5) is 17.1. The van der Waals surface area contributed by atoms with E-state index in [1.165, 1.54) is 6.42 Å². The third-order valence-electron chi connectivity index (χ3n) is 5.30. The van der Waals surface area contributed by atoms with E-state index in [2.05, 4.69) is 35.9 Å². The number of carbonyl (C=O) groups is 1. The van der Waals surface area contributed by atoms with E-state index in [-0.39, 0.29) is 5.91 Å². The quantitative estimate of drug-likeness (QED) is 0.690. The highest BCUT2D eigenvalue weighted by Gasteiger charge is 2.50. The van der Waals surface area contributed by atoms with Gasteiger partial charge in [0.1, 0.15) is 5.54 Å². The number of nitrogens with two attached hydrogens (primary N) is 1. The maximum atomic E-state index is 12.1. The molecule has 2 aliphatic rings. The van der Waals surface area contributed by atoms with Crippen LogP contribution in [0.5, 0.6) is 0 Å². The predicted molar refractivity (Wildman–Crippen MR) is 86.1 cm³/mol. The van der Waals surface area contributed by atoms with Gasteiger partial charge >= 0.3 is 0 Å². The molecule has 21 heavy (non-hydrogen) atoms. The standard InChI is InChI=1S/C16H32N4O/c1-4-13(3)20-10-8-19(9-11-20)12-16(15(17)21,18-5-2)14-6-7-14/h13-14,18H,4-12H2,1-3H3,(H2,17,21). The van der Waals surface area contributed by atoms with Crippen molar-refractivity contribution < 1.29 is 4.79 Å². The van der Waals surface area contributed by atoms with Gasteiger partial charge in [-0.2, -0.15) is 0 Å².